The minimum absolute atomic E-state index is 0.230. The Bertz CT molecular complexity index is 433. The molecular weight excluding hydrogens is 236 g/mol. The molecule has 0 bridgehead atoms. The molecule has 0 unspecified atom stereocenters. The van der Waals surface area contributed by atoms with Crippen molar-refractivity contribution in [1.29, 1.82) is 0 Å². The van der Waals surface area contributed by atoms with E-state index in [4.69, 9.17) is 12.2 Å². The normalized spacial score (nSPS) is 10.0. The molecular formula is C11H16N4OS. The minimum Gasteiger partial charge on any atom is -0.382 e. The van der Waals surface area contributed by atoms with Gasteiger partial charge in [-0.25, -0.2) is 4.98 Å². The number of hydrogen-bond acceptors (Lipinski definition) is 5. The molecule has 92 valence electrons. The van der Waals surface area contributed by atoms with E-state index in [2.05, 4.69) is 21.5 Å². The van der Waals surface area contributed by atoms with Gasteiger partial charge in [0.25, 0.3) is 5.91 Å². The minimum atomic E-state index is -0.230. The van der Waals surface area contributed by atoms with Crippen molar-refractivity contribution in [3.05, 3.63) is 4.88 Å². The van der Waals surface area contributed by atoms with Crippen LogP contribution < -0.4 is 16.4 Å². The van der Waals surface area contributed by atoms with Gasteiger partial charge in [-0.05, 0) is 13.8 Å². The highest BCUT2D eigenvalue weighted by atomic mass is 32.1. The number of aromatic nitrogens is 1. The Morgan fingerprint density at radius 3 is 2.94 bits per heavy atom. The fraction of sp³-hybridized carbons (Fsp3) is 0.455. The first kappa shape index (κ1) is 13.3. The molecule has 6 heteroatoms. The van der Waals surface area contributed by atoms with E-state index in [9.17, 15) is 4.79 Å². The number of rotatable bonds is 5. The lowest BCUT2D eigenvalue weighted by molar-refractivity contribution is 0.0959. The summed E-state index contributed by atoms with van der Waals surface area (Å²) in [5.41, 5.74) is 5.68. The van der Waals surface area contributed by atoms with Crippen LogP contribution in [-0.4, -0.2) is 23.5 Å². The summed E-state index contributed by atoms with van der Waals surface area (Å²) in [6.45, 7) is 4.42. The summed E-state index contributed by atoms with van der Waals surface area (Å²) in [5.74, 6) is 2.47. The molecule has 1 heterocycles. The van der Waals surface area contributed by atoms with Crippen LogP contribution in [0.25, 0.3) is 0 Å². The molecule has 1 amide bonds. The summed E-state index contributed by atoms with van der Waals surface area (Å²) >= 11 is 1.24. The molecule has 5 nitrogen and oxygen atoms in total. The van der Waals surface area contributed by atoms with Crippen LogP contribution in [0.5, 0.6) is 0 Å². The smallest absolute Gasteiger partial charge is 0.265 e. The Morgan fingerprint density at radius 1 is 1.65 bits per heavy atom. The van der Waals surface area contributed by atoms with E-state index in [1.54, 1.807) is 0 Å². The summed E-state index contributed by atoms with van der Waals surface area (Å²) in [6.07, 6.45) is 5.60. The Kier molecular flexibility index (Phi) is 4.79. The van der Waals surface area contributed by atoms with Gasteiger partial charge >= 0.3 is 0 Å². The lowest BCUT2D eigenvalue weighted by Gasteiger charge is -2.04. The van der Waals surface area contributed by atoms with Crippen LogP contribution in [-0.2, 0) is 0 Å². The molecule has 0 atom stereocenters. The number of nitrogen functional groups attached to an aromatic ring is 1. The van der Waals surface area contributed by atoms with Crippen LogP contribution in [0, 0.1) is 12.3 Å². The summed E-state index contributed by atoms with van der Waals surface area (Å²) < 4.78 is 0. The van der Waals surface area contributed by atoms with Gasteiger partial charge in [-0.15, -0.1) is 12.3 Å². The van der Waals surface area contributed by atoms with E-state index in [0.717, 1.165) is 0 Å². The summed E-state index contributed by atoms with van der Waals surface area (Å²) in [4.78, 5) is 16.2. The average Bonchev–Trinajstić information content (AvgIpc) is 2.58. The van der Waals surface area contributed by atoms with Crippen LogP contribution >= 0.6 is 11.3 Å². The Balaban J connectivity index is 2.67. The van der Waals surface area contributed by atoms with Crippen molar-refractivity contribution >= 4 is 28.2 Å². The summed E-state index contributed by atoms with van der Waals surface area (Å²) in [7, 11) is 0. The second kappa shape index (κ2) is 6.11. The van der Waals surface area contributed by atoms with Gasteiger partial charge in [0.1, 0.15) is 10.7 Å². The van der Waals surface area contributed by atoms with E-state index < -0.39 is 0 Å². The van der Waals surface area contributed by atoms with Gasteiger partial charge in [-0.1, -0.05) is 11.3 Å². The van der Waals surface area contributed by atoms with Crippen molar-refractivity contribution in [3.63, 3.8) is 0 Å². The maximum absolute atomic E-state index is 11.7. The fourth-order valence-corrected chi connectivity index (χ4v) is 2.08. The molecule has 0 radical (unpaired) electrons. The Hall–Kier alpha value is -1.74. The number of thiazole rings is 1. The molecule has 0 aliphatic rings. The number of nitrogens with two attached hydrogens (primary N) is 1. The molecule has 1 rings (SSSR count). The largest absolute Gasteiger partial charge is 0.382 e. The summed E-state index contributed by atoms with van der Waals surface area (Å²) in [6, 6.07) is 0.248. The third-order valence-electron chi connectivity index (χ3n) is 1.83. The highest BCUT2D eigenvalue weighted by Gasteiger charge is 2.15. The van der Waals surface area contributed by atoms with E-state index in [-0.39, 0.29) is 17.8 Å². The summed E-state index contributed by atoms with van der Waals surface area (Å²) in [5, 5.41) is 6.44. The quantitative estimate of drug-likeness (QED) is 0.545. The molecule has 4 N–H and O–H groups in total. The molecule has 17 heavy (non-hydrogen) atoms. The number of carbonyl (C=O) groups excluding carboxylic acids is 1. The van der Waals surface area contributed by atoms with Crippen molar-refractivity contribution in [2.24, 2.45) is 0 Å². The molecule has 1 aromatic rings. The SMILES string of the molecule is C#CCCNC(=O)c1sc(NC(C)C)nc1N. The number of nitrogens with zero attached hydrogens (tertiary/aromatic N) is 1. The highest BCUT2D eigenvalue weighted by Crippen LogP contribution is 2.25. The van der Waals surface area contributed by atoms with Gasteiger partial charge < -0.3 is 16.4 Å². The standard InChI is InChI=1S/C11H16N4OS/c1-4-5-6-13-10(16)8-9(12)15-11(17-8)14-7(2)3/h1,7H,5-6,12H2,2-3H3,(H,13,16)(H,14,15). The highest BCUT2D eigenvalue weighted by molar-refractivity contribution is 7.18. The van der Waals surface area contributed by atoms with Crippen molar-refractivity contribution < 1.29 is 4.79 Å². The number of hydrogen-bond donors (Lipinski definition) is 3. The number of amides is 1. The second-order valence-corrected chi connectivity index (χ2v) is 4.74. The van der Waals surface area contributed by atoms with Gasteiger partial charge in [0.2, 0.25) is 0 Å². The third-order valence-corrected chi connectivity index (χ3v) is 2.83. The van der Waals surface area contributed by atoms with Crippen LogP contribution in [0.3, 0.4) is 0 Å². The molecule has 0 spiro atoms. The van der Waals surface area contributed by atoms with Gasteiger partial charge in [0, 0.05) is 19.0 Å². The lowest BCUT2D eigenvalue weighted by Crippen LogP contribution is -2.24. The van der Waals surface area contributed by atoms with E-state index >= 15 is 0 Å². The molecule has 0 fully saturated rings. The van der Waals surface area contributed by atoms with Gasteiger partial charge in [0.15, 0.2) is 5.13 Å². The van der Waals surface area contributed by atoms with Gasteiger partial charge in [-0.2, -0.15) is 0 Å². The molecule has 0 aromatic carbocycles. The monoisotopic (exact) mass is 252 g/mol. The number of anilines is 2. The van der Waals surface area contributed by atoms with Crippen molar-refractivity contribution in [3.8, 4) is 12.3 Å². The first-order chi connectivity index (χ1) is 8.04. The van der Waals surface area contributed by atoms with Gasteiger partial charge in [-0.3, -0.25) is 4.79 Å². The predicted molar refractivity (Wildman–Crippen MR) is 71.1 cm³/mol. The van der Waals surface area contributed by atoms with Crippen LogP contribution in [0.15, 0.2) is 0 Å². The molecule has 1 aromatic heterocycles. The molecule has 0 aliphatic carbocycles. The van der Waals surface area contributed by atoms with Crippen LogP contribution in [0.1, 0.15) is 29.9 Å². The molecule has 0 saturated heterocycles. The number of carbonyl (C=O) groups is 1. The first-order valence-corrected chi connectivity index (χ1v) is 6.10. The van der Waals surface area contributed by atoms with Crippen molar-refractivity contribution in [2.45, 2.75) is 26.3 Å². The van der Waals surface area contributed by atoms with Crippen LogP contribution in [0.4, 0.5) is 10.9 Å². The molecule has 0 aliphatic heterocycles. The van der Waals surface area contributed by atoms with Crippen LogP contribution in [0.2, 0.25) is 0 Å². The Labute approximate surface area is 105 Å². The van der Waals surface area contributed by atoms with Gasteiger partial charge in [0.05, 0.1) is 0 Å². The number of nitrogens with one attached hydrogen (secondary N) is 2. The molecule has 0 saturated carbocycles. The average molecular weight is 252 g/mol. The third kappa shape index (κ3) is 3.96. The second-order valence-electron chi connectivity index (χ2n) is 3.74. The zero-order chi connectivity index (χ0) is 12.8. The first-order valence-electron chi connectivity index (χ1n) is 5.29. The maximum Gasteiger partial charge on any atom is 0.265 e. The topological polar surface area (TPSA) is 80.0 Å². The van der Waals surface area contributed by atoms with E-state index in [1.807, 2.05) is 13.8 Å². The van der Waals surface area contributed by atoms with E-state index in [0.29, 0.717) is 23.0 Å². The fourth-order valence-electron chi connectivity index (χ4n) is 1.13. The zero-order valence-electron chi connectivity index (χ0n) is 9.91. The lowest BCUT2D eigenvalue weighted by atomic mass is 10.4. The zero-order valence-corrected chi connectivity index (χ0v) is 10.7. The number of terminal acetylenes is 1. The van der Waals surface area contributed by atoms with E-state index in [1.165, 1.54) is 11.3 Å². The van der Waals surface area contributed by atoms with Crippen molar-refractivity contribution in [2.75, 3.05) is 17.6 Å². The maximum atomic E-state index is 11.7. The Morgan fingerprint density at radius 2 is 2.35 bits per heavy atom. The predicted octanol–water partition coefficient (Wildman–Crippen LogP) is 1.30. The van der Waals surface area contributed by atoms with Crippen molar-refractivity contribution in [1.82, 2.24) is 10.3 Å².